The number of rotatable bonds is 5. The molecule has 26 heavy (non-hydrogen) atoms. The Balaban J connectivity index is 2.09. The third kappa shape index (κ3) is 3.98. The van der Waals surface area contributed by atoms with Crippen LogP contribution in [0.25, 0.3) is 21.7 Å². The molecule has 1 atom stereocenters. The third-order valence-corrected chi connectivity index (χ3v) is 5.18. The average molecular weight is 367 g/mol. The minimum atomic E-state index is -0.640. The van der Waals surface area contributed by atoms with E-state index in [9.17, 15) is 9.90 Å². The number of carbonyl (C=O) groups is 1. The van der Waals surface area contributed by atoms with Crippen LogP contribution < -0.4 is 5.32 Å². The van der Waals surface area contributed by atoms with E-state index in [0.717, 1.165) is 27.3 Å². The summed E-state index contributed by atoms with van der Waals surface area (Å²) in [5.41, 5.74) is 3.88. The number of aryl methyl sites for hydroxylation is 1. The summed E-state index contributed by atoms with van der Waals surface area (Å²) in [6.07, 6.45) is 1.42. The summed E-state index contributed by atoms with van der Waals surface area (Å²) >= 11 is 1.45. The molecule has 0 spiro atoms. The molecular weight excluding hydrogens is 346 g/mol. The number of aromatic nitrogens is 2. The van der Waals surface area contributed by atoms with Crippen molar-refractivity contribution in [1.82, 2.24) is 9.97 Å². The molecule has 0 unspecified atom stereocenters. The highest BCUT2D eigenvalue weighted by atomic mass is 32.1. The van der Waals surface area contributed by atoms with Gasteiger partial charge in [-0.3, -0.25) is 4.79 Å². The zero-order valence-electron chi connectivity index (χ0n) is 15.0. The summed E-state index contributed by atoms with van der Waals surface area (Å²) in [4.78, 5) is 21.5. The first-order valence-electron chi connectivity index (χ1n) is 8.50. The smallest absolute Gasteiger partial charge is 0.225 e. The van der Waals surface area contributed by atoms with E-state index in [-0.39, 0.29) is 5.91 Å². The maximum atomic E-state index is 11.7. The number of benzene rings is 1. The van der Waals surface area contributed by atoms with Crippen LogP contribution in [0.15, 0.2) is 42.6 Å². The van der Waals surface area contributed by atoms with E-state index >= 15 is 0 Å². The van der Waals surface area contributed by atoms with E-state index in [1.807, 2.05) is 37.3 Å². The number of anilines is 1. The van der Waals surface area contributed by atoms with Crippen molar-refractivity contribution >= 4 is 23.1 Å². The van der Waals surface area contributed by atoms with Gasteiger partial charge in [-0.25, -0.2) is 9.97 Å². The van der Waals surface area contributed by atoms with Crippen molar-refractivity contribution < 1.29 is 9.90 Å². The molecule has 5 nitrogen and oxygen atoms in total. The van der Waals surface area contributed by atoms with Gasteiger partial charge in [0, 0.05) is 18.2 Å². The number of carbonyl (C=O) groups excluding carboxylic acids is 1. The molecule has 0 fully saturated rings. The number of aliphatic hydroxyl groups is 1. The quantitative estimate of drug-likeness (QED) is 0.692. The topological polar surface area (TPSA) is 75.1 Å². The number of aliphatic hydroxyl groups excluding tert-OH is 1. The second-order valence-electron chi connectivity index (χ2n) is 6.11. The zero-order chi connectivity index (χ0) is 18.7. The van der Waals surface area contributed by atoms with E-state index in [1.165, 1.54) is 11.3 Å². The fourth-order valence-electron chi connectivity index (χ4n) is 2.57. The molecule has 0 saturated heterocycles. The summed E-state index contributed by atoms with van der Waals surface area (Å²) in [6.45, 7) is 5.55. The van der Waals surface area contributed by atoms with Gasteiger partial charge in [0.25, 0.3) is 0 Å². The average Bonchev–Trinajstić information content (AvgIpc) is 3.07. The van der Waals surface area contributed by atoms with Gasteiger partial charge in [-0.15, -0.1) is 11.3 Å². The first kappa shape index (κ1) is 18.2. The fourth-order valence-corrected chi connectivity index (χ4v) is 3.59. The lowest BCUT2D eigenvalue weighted by Crippen LogP contribution is -2.10. The Bertz CT molecular complexity index is 934. The van der Waals surface area contributed by atoms with Gasteiger partial charge in [-0.2, -0.15) is 0 Å². The molecule has 2 heterocycles. The minimum Gasteiger partial charge on any atom is -0.386 e. The fraction of sp³-hybridized carbons (Fsp3) is 0.250. The van der Waals surface area contributed by atoms with Crippen molar-refractivity contribution in [2.24, 2.45) is 0 Å². The van der Waals surface area contributed by atoms with Crippen LogP contribution in [0.1, 0.15) is 36.9 Å². The zero-order valence-corrected chi connectivity index (χ0v) is 15.8. The molecule has 1 aromatic carbocycles. The molecule has 0 aliphatic carbocycles. The Labute approximate surface area is 156 Å². The van der Waals surface area contributed by atoms with Crippen LogP contribution in [0.4, 0.5) is 5.82 Å². The van der Waals surface area contributed by atoms with Crippen molar-refractivity contribution in [1.29, 1.82) is 0 Å². The van der Waals surface area contributed by atoms with Crippen LogP contribution >= 0.6 is 11.3 Å². The van der Waals surface area contributed by atoms with Crippen molar-refractivity contribution in [3.05, 3.63) is 53.2 Å². The van der Waals surface area contributed by atoms with E-state index in [4.69, 9.17) is 0 Å². The molecule has 0 radical (unpaired) electrons. The van der Waals surface area contributed by atoms with Gasteiger partial charge < -0.3 is 10.4 Å². The Hall–Kier alpha value is -2.57. The van der Waals surface area contributed by atoms with Crippen molar-refractivity contribution in [3.63, 3.8) is 0 Å². The number of pyridine rings is 1. The molecular formula is C20H21N3O2S. The monoisotopic (exact) mass is 367 g/mol. The third-order valence-electron chi connectivity index (χ3n) is 3.90. The Morgan fingerprint density at radius 2 is 2.08 bits per heavy atom. The Morgan fingerprint density at radius 3 is 2.77 bits per heavy atom. The van der Waals surface area contributed by atoms with E-state index < -0.39 is 6.10 Å². The lowest BCUT2D eigenvalue weighted by atomic mass is 10.1. The highest BCUT2D eigenvalue weighted by molar-refractivity contribution is 7.15. The van der Waals surface area contributed by atoms with Gasteiger partial charge in [0.15, 0.2) is 0 Å². The molecule has 6 heteroatoms. The number of thiazole rings is 1. The van der Waals surface area contributed by atoms with Gasteiger partial charge in [-0.05, 0) is 37.6 Å². The highest BCUT2D eigenvalue weighted by Crippen LogP contribution is 2.39. The molecule has 3 rings (SSSR count). The lowest BCUT2D eigenvalue weighted by Gasteiger charge is -2.07. The molecule has 3 aromatic rings. The first-order chi connectivity index (χ1) is 12.5. The van der Waals surface area contributed by atoms with Crippen LogP contribution in [0, 0.1) is 6.92 Å². The van der Waals surface area contributed by atoms with Gasteiger partial charge >= 0.3 is 0 Å². The first-order valence-corrected chi connectivity index (χ1v) is 9.31. The standard InChI is InChI=1S/C20H21N3O2S/c1-4-17(25)22-16-11-15(8-9-21-16)19-18(23-20(26-19)13(3)24)14-7-5-6-12(2)10-14/h5-11,13,24H,4H2,1-3H3,(H,21,22,25)/t13-/m0/s1. The molecule has 0 aliphatic heterocycles. The van der Waals surface area contributed by atoms with E-state index in [0.29, 0.717) is 17.2 Å². The number of hydrogen-bond acceptors (Lipinski definition) is 5. The second-order valence-corrected chi connectivity index (χ2v) is 7.14. The lowest BCUT2D eigenvalue weighted by molar-refractivity contribution is -0.115. The maximum Gasteiger partial charge on any atom is 0.225 e. The van der Waals surface area contributed by atoms with Gasteiger partial charge in [0.2, 0.25) is 5.91 Å². The normalized spacial score (nSPS) is 12.0. The summed E-state index contributed by atoms with van der Waals surface area (Å²) < 4.78 is 0. The van der Waals surface area contributed by atoms with Crippen LogP contribution in [0.2, 0.25) is 0 Å². The predicted molar refractivity (Wildman–Crippen MR) is 105 cm³/mol. The van der Waals surface area contributed by atoms with Crippen molar-refractivity contribution in [2.75, 3.05) is 5.32 Å². The molecule has 0 bridgehead atoms. The number of nitrogens with one attached hydrogen (secondary N) is 1. The Morgan fingerprint density at radius 1 is 1.27 bits per heavy atom. The van der Waals surface area contributed by atoms with Crippen molar-refractivity contribution in [3.8, 4) is 21.7 Å². The van der Waals surface area contributed by atoms with E-state index in [2.05, 4.69) is 21.4 Å². The molecule has 2 aromatic heterocycles. The van der Waals surface area contributed by atoms with Gasteiger partial charge in [0.05, 0.1) is 10.6 Å². The largest absolute Gasteiger partial charge is 0.386 e. The number of nitrogens with zero attached hydrogens (tertiary/aromatic N) is 2. The summed E-state index contributed by atoms with van der Waals surface area (Å²) in [5.74, 6) is 0.430. The number of amides is 1. The highest BCUT2D eigenvalue weighted by Gasteiger charge is 2.18. The second kappa shape index (κ2) is 7.76. The van der Waals surface area contributed by atoms with Crippen LogP contribution in [0.5, 0.6) is 0 Å². The summed E-state index contributed by atoms with van der Waals surface area (Å²) in [6, 6.07) is 11.8. The minimum absolute atomic E-state index is 0.0810. The van der Waals surface area contributed by atoms with Crippen LogP contribution in [-0.2, 0) is 4.79 Å². The predicted octanol–water partition coefficient (Wildman–Crippen LogP) is 4.58. The van der Waals surface area contributed by atoms with Crippen molar-refractivity contribution in [2.45, 2.75) is 33.3 Å². The Kier molecular flexibility index (Phi) is 5.44. The maximum absolute atomic E-state index is 11.7. The molecule has 0 saturated carbocycles. The molecule has 134 valence electrons. The van der Waals surface area contributed by atoms with Gasteiger partial charge in [0.1, 0.15) is 16.9 Å². The van der Waals surface area contributed by atoms with Crippen LogP contribution in [-0.4, -0.2) is 21.0 Å². The molecule has 1 amide bonds. The molecule has 0 aliphatic rings. The van der Waals surface area contributed by atoms with Crippen LogP contribution in [0.3, 0.4) is 0 Å². The number of hydrogen-bond donors (Lipinski definition) is 2. The molecule has 2 N–H and O–H groups in total. The SMILES string of the molecule is CCC(=O)Nc1cc(-c2sc([C@H](C)O)nc2-c2cccc(C)c2)ccn1. The summed E-state index contributed by atoms with van der Waals surface area (Å²) in [5, 5.41) is 13.4. The van der Waals surface area contributed by atoms with Gasteiger partial charge in [-0.1, -0.05) is 30.7 Å². The van der Waals surface area contributed by atoms with E-state index in [1.54, 1.807) is 20.0 Å². The summed E-state index contributed by atoms with van der Waals surface area (Å²) in [7, 11) is 0.